The van der Waals surface area contributed by atoms with Crippen LogP contribution in [0.25, 0.3) is 0 Å². The van der Waals surface area contributed by atoms with Crippen molar-refractivity contribution in [2.75, 3.05) is 11.9 Å². The molecule has 0 saturated carbocycles. The molecule has 1 heterocycles. The fourth-order valence-electron chi connectivity index (χ4n) is 1.90. The van der Waals surface area contributed by atoms with Gasteiger partial charge in [-0.05, 0) is 29.7 Å². The first-order valence-corrected chi connectivity index (χ1v) is 6.10. The normalized spacial score (nSPS) is 10.4. The molecule has 1 aromatic heterocycles. The highest BCUT2D eigenvalue weighted by atomic mass is 15.2. The fourth-order valence-corrected chi connectivity index (χ4v) is 1.90. The molecule has 0 bridgehead atoms. The highest BCUT2D eigenvalue weighted by Crippen LogP contribution is 2.13. The molecular weight excluding hydrogens is 222 g/mol. The van der Waals surface area contributed by atoms with E-state index in [4.69, 9.17) is 5.73 Å². The lowest BCUT2D eigenvalue weighted by Crippen LogP contribution is -2.17. The minimum atomic E-state index is 0.584. The highest BCUT2D eigenvalue weighted by molar-refractivity contribution is 5.39. The molecule has 0 amide bonds. The standard InChI is InChI=1S/C15H19N3/c1-12-6-7-15(17-10-12)18(2)11-14-5-3-4-13(8-14)9-16/h3-8,10H,9,11,16H2,1-2H3. The Balaban J connectivity index is 2.10. The second-order valence-electron chi connectivity index (χ2n) is 4.57. The van der Waals surface area contributed by atoms with Crippen molar-refractivity contribution >= 4 is 5.82 Å². The number of rotatable bonds is 4. The van der Waals surface area contributed by atoms with Crippen LogP contribution < -0.4 is 10.6 Å². The minimum Gasteiger partial charge on any atom is -0.355 e. The first-order valence-electron chi connectivity index (χ1n) is 6.10. The number of benzene rings is 1. The molecule has 0 atom stereocenters. The van der Waals surface area contributed by atoms with Crippen LogP contribution in [0.1, 0.15) is 16.7 Å². The zero-order valence-corrected chi connectivity index (χ0v) is 10.9. The summed E-state index contributed by atoms with van der Waals surface area (Å²) in [6.45, 7) is 3.46. The molecular formula is C15H19N3. The van der Waals surface area contributed by atoms with Crippen molar-refractivity contribution in [3.05, 3.63) is 59.3 Å². The Bertz CT molecular complexity index is 505. The van der Waals surface area contributed by atoms with E-state index < -0.39 is 0 Å². The van der Waals surface area contributed by atoms with Crippen molar-refractivity contribution in [3.8, 4) is 0 Å². The maximum atomic E-state index is 5.65. The number of nitrogens with zero attached hydrogens (tertiary/aromatic N) is 2. The summed E-state index contributed by atoms with van der Waals surface area (Å²) in [6, 6.07) is 12.5. The third-order valence-electron chi connectivity index (χ3n) is 2.93. The molecule has 0 radical (unpaired) electrons. The van der Waals surface area contributed by atoms with Gasteiger partial charge in [-0.2, -0.15) is 0 Å². The van der Waals surface area contributed by atoms with Gasteiger partial charge < -0.3 is 10.6 Å². The van der Waals surface area contributed by atoms with E-state index in [9.17, 15) is 0 Å². The lowest BCUT2D eigenvalue weighted by atomic mass is 10.1. The van der Waals surface area contributed by atoms with E-state index in [0.717, 1.165) is 17.9 Å². The quantitative estimate of drug-likeness (QED) is 0.894. The maximum Gasteiger partial charge on any atom is 0.128 e. The number of aryl methyl sites for hydroxylation is 1. The number of anilines is 1. The smallest absolute Gasteiger partial charge is 0.128 e. The summed E-state index contributed by atoms with van der Waals surface area (Å²) in [6.07, 6.45) is 1.89. The Hall–Kier alpha value is -1.87. The topological polar surface area (TPSA) is 42.1 Å². The lowest BCUT2D eigenvalue weighted by molar-refractivity contribution is 0.892. The van der Waals surface area contributed by atoms with E-state index >= 15 is 0 Å². The number of hydrogen-bond acceptors (Lipinski definition) is 3. The third-order valence-corrected chi connectivity index (χ3v) is 2.93. The van der Waals surface area contributed by atoms with Crippen LogP contribution in [0.3, 0.4) is 0 Å². The summed E-state index contributed by atoms with van der Waals surface area (Å²) in [7, 11) is 2.05. The third kappa shape index (κ3) is 3.08. The molecule has 2 rings (SSSR count). The fraction of sp³-hybridized carbons (Fsp3) is 0.267. The van der Waals surface area contributed by atoms with E-state index in [1.54, 1.807) is 0 Å². The van der Waals surface area contributed by atoms with Gasteiger partial charge in [0.25, 0.3) is 0 Å². The van der Waals surface area contributed by atoms with Crippen molar-refractivity contribution in [2.45, 2.75) is 20.0 Å². The van der Waals surface area contributed by atoms with Gasteiger partial charge in [-0.3, -0.25) is 0 Å². The summed E-state index contributed by atoms with van der Waals surface area (Å²) in [5.41, 5.74) is 9.25. The van der Waals surface area contributed by atoms with Crippen molar-refractivity contribution in [3.63, 3.8) is 0 Å². The summed E-state index contributed by atoms with van der Waals surface area (Å²) in [5.74, 6) is 0.985. The summed E-state index contributed by atoms with van der Waals surface area (Å²) < 4.78 is 0. The average molecular weight is 241 g/mol. The molecule has 0 saturated heterocycles. The minimum absolute atomic E-state index is 0.584. The Morgan fingerprint density at radius 1 is 1.17 bits per heavy atom. The molecule has 18 heavy (non-hydrogen) atoms. The van der Waals surface area contributed by atoms with Gasteiger partial charge in [0.2, 0.25) is 0 Å². The van der Waals surface area contributed by atoms with Crippen LogP contribution >= 0.6 is 0 Å². The largest absolute Gasteiger partial charge is 0.355 e. The number of pyridine rings is 1. The number of aromatic nitrogens is 1. The predicted molar refractivity (Wildman–Crippen MR) is 75.4 cm³/mol. The number of nitrogens with two attached hydrogens (primary N) is 1. The summed E-state index contributed by atoms with van der Waals surface area (Å²) >= 11 is 0. The lowest BCUT2D eigenvalue weighted by Gasteiger charge is -2.18. The van der Waals surface area contributed by atoms with Crippen molar-refractivity contribution in [2.24, 2.45) is 5.73 Å². The molecule has 3 heteroatoms. The van der Waals surface area contributed by atoms with Crippen LogP contribution in [-0.2, 0) is 13.1 Å². The van der Waals surface area contributed by atoms with Crippen LogP contribution in [0.4, 0.5) is 5.82 Å². The van der Waals surface area contributed by atoms with Crippen LogP contribution in [0, 0.1) is 6.92 Å². The van der Waals surface area contributed by atoms with Crippen LogP contribution in [0.5, 0.6) is 0 Å². The molecule has 3 nitrogen and oxygen atoms in total. The first kappa shape index (κ1) is 12.6. The molecule has 0 aliphatic carbocycles. The first-order chi connectivity index (χ1) is 8.69. The van der Waals surface area contributed by atoms with E-state index in [0.29, 0.717) is 6.54 Å². The van der Waals surface area contributed by atoms with E-state index in [1.807, 2.05) is 38.4 Å². The van der Waals surface area contributed by atoms with Gasteiger partial charge in [0, 0.05) is 26.3 Å². The Labute approximate surface area is 108 Å². The van der Waals surface area contributed by atoms with E-state index in [-0.39, 0.29) is 0 Å². The molecule has 0 unspecified atom stereocenters. The second kappa shape index (κ2) is 5.65. The van der Waals surface area contributed by atoms with Gasteiger partial charge in [0.15, 0.2) is 0 Å². The molecule has 2 N–H and O–H groups in total. The second-order valence-corrected chi connectivity index (χ2v) is 4.57. The Morgan fingerprint density at radius 3 is 2.61 bits per heavy atom. The summed E-state index contributed by atoms with van der Waals surface area (Å²) in [5, 5.41) is 0. The van der Waals surface area contributed by atoms with E-state index in [2.05, 4.69) is 28.1 Å². The van der Waals surface area contributed by atoms with Crippen molar-refractivity contribution < 1.29 is 0 Å². The number of hydrogen-bond donors (Lipinski definition) is 1. The zero-order chi connectivity index (χ0) is 13.0. The zero-order valence-electron chi connectivity index (χ0n) is 10.9. The molecule has 94 valence electrons. The van der Waals surface area contributed by atoms with Gasteiger partial charge in [-0.15, -0.1) is 0 Å². The molecule has 0 spiro atoms. The van der Waals surface area contributed by atoms with Crippen molar-refractivity contribution in [1.82, 2.24) is 4.98 Å². The predicted octanol–water partition coefficient (Wildman–Crippen LogP) is 2.49. The van der Waals surface area contributed by atoms with Gasteiger partial charge in [0.05, 0.1) is 0 Å². The van der Waals surface area contributed by atoms with Gasteiger partial charge in [-0.1, -0.05) is 30.3 Å². The van der Waals surface area contributed by atoms with Crippen LogP contribution in [0.15, 0.2) is 42.6 Å². The molecule has 0 fully saturated rings. The van der Waals surface area contributed by atoms with Gasteiger partial charge in [-0.25, -0.2) is 4.98 Å². The SMILES string of the molecule is Cc1ccc(N(C)Cc2cccc(CN)c2)nc1. The molecule has 0 aliphatic heterocycles. The van der Waals surface area contributed by atoms with Crippen LogP contribution in [-0.4, -0.2) is 12.0 Å². The van der Waals surface area contributed by atoms with Crippen molar-refractivity contribution in [1.29, 1.82) is 0 Å². The Kier molecular flexibility index (Phi) is 3.95. The maximum absolute atomic E-state index is 5.65. The van der Waals surface area contributed by atoms with E-state index in [1.165, 1.54) is 11.1 Å². The van der Waals surface area contributed by atoms with Gasteiger partial charge >= 0.3 is 0 Å². The molecule has 0 aliphatic rings. The molecule has 2 aromatic rings. The average Bonchev–Trinajstić information content (AvgIpc) is 2.39. The van der Waals surface area contributed by atoms with Crippen LogP contribution in [0.2, 0.25) is 0 Å². The monoisotopic (exact) mass is 241 g/mol. The van der Waals surface area contributed by atoms with Gasteiger partial charge in [0.1, 0.15) is 5.82 Å². The Morgan fingerprint density at radius 2 is 1.94 bits per heavy atom. The highest BCUT2D eigenvalue weighted by Gasteiger charge is 2.03. The molecule has 1 aromatic carbocycles. The summed E-state index contributed by atoms with van der Waals surface area (Å²) in [4.78, 5) is 6.55.